The summed E-state index contributed by atoms with van der Waals surface area (Å²) in [6, 6.07) is 8.08. The fourth-order valence-corrected chi connectivity index (χ4v) is 4.15. The lowest BCUT2D eigenvalue weighted by molar-refractivity contribution is -0.115. The number of nitrogens with one attached hydrogen (secondary N) is 1. The first-order valence-electron chi connectivity index (χ1n) is 9.58. The minimum Gasteiger partial charge on any atom is -0.325 e. The molecule has 1 amide bonds. The second-order valence-electron chi connectivity index (χ2n) is 7.01. The van der Waals surface area contributed by atoms with Gasteiger partial charge in [-0.3, -0.25) is 4.79 Å². The molecule has 5 nitrogen and oxygen atoms in total. The van der Waals surface area contributed by atoms with E-state index in [1.807, 2.05) is 25.1 Å². The zero-order chi connectivity index (χ0) is 18.5. The van der Waals surface area contributed by atoms with Crippen LogP contribution in [0.4, 0.5) is 5.69 Å². The molecule has 0 radical (unpaired) electrons. The van der Waals surface area contributed by atoms with Gasteiger partial charge in [-0.25, -0.2) is 0 Å². The maximum atomic E-state index is 12.7. The highest BCUT2D eigenvalue weighted by Crippen LogP contribution is 2.29. The SMILES string of the molecule is CC[C@@H](C)c1ccccc1NC(=O)[C@@H](C)Sc1nnc2n1CCCCC2. The van der Waals surface area contributed by atoms with Crippen LogP contribution in [0.2, 0.25) is 0 Å². The van der Waals surface area contributed by atoms with Crippen molar-refractivity contribution >= 4 is 23.4 Å². The lowest BCUT2D eigenvalue weighted by atomic mass is 9.97. The van der Waals surface area contributed by atoms with Gasteiger partial charge in [0.25, 0.3) is 0 Å². The van der Waals surface area contributed by atoms with E-state index in [1.54, 1.807) is 0 Å². The molecule has 26 heavy (non-hydrogen) atoms. The number of rotatable bonds is 6. The van der Waals surface area contributed by atoms with Crippen molar-refractivity contribution in [1.29, 1.82) is 0 Å². The summed E-state index contributed by atoms with van der Waals surface area (Å²) in [5.74, 6) is 1.48. The van der Waals surface area contributed by atoms with Crippen LogP contribution in [-0.2, 0) is 17.8 Å². The molecule has 0 unspecified atom stereocenters. The molecular weight excluding hydrogens is 344 g/mol. The molecule has 140 valence electrons. The quantitative estimate of drug-likeness (QED) is 0.751. The largest absolute Gasteiger partial charge is 0.325 e. The van der Waals surface area contributed by atoms with Gasteiger partial charge in [0.05, 0.1) is 5.25 Å². The number of para-hydroxylation sites is 1. The highest BCUT2D eigenvalue weighted by Gasteiger charge is 2.22. The normalized spacial score (nSPS) is 16.4. The molecule has 1 aromatic carbocycles. The van der Waals surface area contributed by atoms with Gasteiger partial charge in [-0.1, -0.05) is 50.2 Å². The number of carbonyl (C=O) groups is 1. The lowest BCUT2D eigenvalue weighted by Crippen LogP contribution is -2.24. The Kier molecular flexibility index (Phi) is 6.35. The second-order valence-corrected chi connectivity index (χ2v) is 8.31. The van der Waals surface area contributed by atoms with E-state index in [0.717, 1.165) is 42.5 Å². The maximum Gasteiger partial charge on any atom is 0.237 e. The van der Waals surface area contributed by atoms with Crippen LogP contribution in [0.5, 0.6) is 0 Å². The number of aromatic nitrogens is 3. The minimum atomic E-state index is -0.225. The Bertz CT molecular complexity index is 758. The third kappa shape index (κ3) is 4.29. The van der Waals surface area contributed by atoms with Gasteiger partial charge in [-0.2, -0.15) is 0 Å². The highest BCUT2D eigenvalue weighted by molar-refractivity contribution is 8.00. The first-order valence-corrected chi connectivity index (χ1v) is 10.5. The zero-order valence-corrected chi connectivity index (χ0v) is 16.7. The number of carbonyl (C=O) groups excluding carboxylic acids is 1. The van der Waals surface area contributed by atoms with E-state index in [9.17, 15) is 4.79 Å². The van der Waals surface area contributed by atoms with E-state index < -0.39 is 0 Å². The van der Waals surface area contributed by atoms with Crippen LogP contribution in [0, 0.1) is 0 Å². The van der Waals surface area contributed by atoms with Crippen molar-refractivity contribution in [3.05, 3.63) is 35.7 Å². The number of amides is 1. The Morgan fingerprint density at radius 1 is 1.23 bits per heavy atom. The molecule has 1 aliphatic rings. The van der Waals surface area contributed by atoms with Gasteiger partial charge >= 0.3 is 0 Å². The molecule has 2 heterocycles. The molecular formula is C20H28N4OS. The van der Waals surface area contributed by atoms with Crippen LogP contribution in [0.15, 0.2) is 29.4 Å². The van der Waals surface area contributed by atoms with Crippen molar-refractivity contribution in [3.63, 3.8) is 0 Å². The van der Waals surface area contributed by atoms with Gasteiger partial charge in [0.2, 0.25) is 5.91 Å². The van der Waals surface area contributed by atoms with Gasteiger partial charge in [-0.05, 0) is 43.7 Å². The van der Waals surface area contributed by atoms with Crippen molar-refractivity contribution in [2.45, 2.75) is 75.7 Å². The van der Waals surface area contributed by atoms with E-state index in [4.69, 9.17) is 0 Å². The molecule has 0 saturated heterocycles. The number of hydrogen-bond donors (Lipinski definition) is 1. The molecule has 3 rings (SSSR count). The van der Waals surface area contributed by atoms with Crippen molar-refractivity contribution in [2.75, 3.05) is 5.32 Å². The summed E-state index contributed by atoms with van der Waals surface area (Å²) in [5, 5.41) is 12.4. The summed E-state index contributed by atoms with van der Waals surface area (Å²) in [6.45, 7) is 7.24. The summed E-state index contributed by atoms with van der Waals surface area (Å²) in [6.07, 6.45) is 5.59. The third-order valence-electron chi connectivity index (χ3n) is 5.09. The molecule has 0 fully saturated rings. The van der Waals surface area contributed by atoms with E-state index in [0.29, 0.717) is 5.92 Å². The van der Waals surface area contributed by atoms with Crippen LogP contribution in [0.25, 0.3) is 0 Å². The van der Waals surface area contributed by atoms with Crippen LogP contribution in [-0.4, -0.2) is 25.9 Å². The molecule has 2 atom stereocenters. The van der Waals surface area contributed by atoms with Gasteiger partial charge in [0.1, 0.15) is 5.82 Å². The number of benzene rings is 1. The Morgan fingerprint density at radius 2 is 2.04 bits per heavy atom. The van der Waals surface area contributed by atoms with E-state index >= 15 is 0 Å². The standard InChI is InChI=1S/C20H28N4OS/c1-4-14(2)16-10-7-8-11-17(16)21-19(25)15(3)26-20-23-22-18-12-6-5-9-13-24(18)20/h7-8,10-11,14-15H,4-6,9,12-13H2,1-3H3,(H,21,25)/t14-,15-/m1/s1. The summed E-state index contributed by atoms with van der Waals surface area (Å²) < 4.78 is 2.19. The van der Waals surface area contributed by atoms with E-state index in [1.165, 1.54) is 30.2 Å². The number of nitrogens with zero attached hydrogens (tertiary/aromatic N) is 3. The van der Waals surface area contributed by atoms with Crippen LogP contribution in [0.1, 0.15) is 63.8 Å². The van der Waals surface area contributed by atoms with Crippen molar-refractivity contribution < 1.29 is 4.79 Å². The van der Waals surface area contributed by atoms with Gasteiger partial charge in [0.15, 0.2) is 5.16 Å². The Balaban J connectivity index is 1.69. The number of anilines is 1. The van der Waals surface area contributed by atoms with E-state index in [-0.39, 0.29) is 11.2 Å². The average Bonchev–Trinajstić information content (AvgIpc) is 2.88. The molecule has 0 spiro atoms. The monoisotopic (exact) mass is 372 g/mol. The van der Waals surface area contributed by atoms with Crippen LogP contribution < -0.4 is 5.32 Å². The molecule has 1 aliphatic heterocycles. The minimum absolute atomic E-state index is 0.0109. The fourth-order valence-electron chi connectivity index (χ4n) is 3.25. The Labute approximate surface area is 160 Å². The Morgan fingerprint density at radius 3 is 2.85 bits per heavy atom. The molecule has 1 N–H and O–H groups in total. The third-order valence-corrected chi connectivity index (χ3v) is 6.17. The molecule has 1 aromatic heterocycles. The maximum absolute atomic E-state index is 12.7. The number of thioether (sulfide) groups is 1. The molecule has 0 saturated carbocycles. The predicted octanol–water partition coefficient (Wildman–Crippen LogP) is 4.64. The highest BCUT2D eigenvalue weighted by atomic mass is 32.2. The van der Waals surface area contributed by atoms with Gasteiger partial charge in [0, 0.05) is 18.7 Å². The molecule has 0 bridgehead atoms. The first kappa shape index (κ1) is 19.0. The average molecular weight is 373 g/mol. The smallest absolute Gasteiger partial charge is 0.237 e. The number of fused-ring (bicyclic) bond motifs is 1. The van der Waals surface area contributed by atoms with Crippen molar-refractivity contribution in [3.8, 4) is 0 Å². The van der Waals surface area contributed by atoms with Crippen LogP contribution >= 0.6 is 11.8 Å². The van der Waals surface area contributed by atoms with Crippen molar-refractivity contribution in [2.24, 2.45) is 0 Å². The summed E-state index contributed by atoms with van der Waals surface area (Å²) in [4.78, 5) is 12.7. The van der Waals surface area contributed by atoms with Crippen LogP contribution in [0.3, 0.4) is 0 Å². The predicted molar refractivity (Wildman–Crippen MR) is 107 cm³/mol. The molecule has 2 aromatic rings. The topological polar surface area (TPSA) is 59.8 Å². The number of aryl methyl sites for hydroxylation is 1. The molecule has 0 aliphatic carbocycles. The zero-order valence-electron chi connectivity index (χ0n) is 15.9. The van der Waals surface area contributed by atoms with Crippen molar-refractivity contribution in [1.82, 2.24) is 14.8 Å². The Hall–Kier alpha value is -1.82. The fraction of sp³-hybridized carbons (Fsp3) is 0.550. The first-order chi connectivity index (χ1) is 12.6. The van der Waals surface area contributed by atoms with Gasteiger partial charge < -0.3 is 9.88 Å². The molecule has 6 heteroatoms. The summed E-state index contributed by atoms with van der Waals surface area (Å²) in [5.41, 5.74) is 2.11. The second kappa shape index (κ2) is 8.71. The van der Waals surface area contributed by atoms with Gasteiger partial charge in [-0.15, -0.1) is 10.2 Å². The van der Waals surface area contributed by atoms with E-state index in [2.05, 4.69) is 40.0 Å². The number of hydrogen-bond acceptors (Lipinski definition) is 4. The lowest BCUT2D eigenvalue weighted by Gasteiger charge is -2.17. The summed E-state index contributed by atoms with van der Waals surface area (Å²) >= 11 is 1.50. The summed E-state index contributed by atoms with van der Waals surface area (Å²) in [7, 11) is 0.